The molecular weight excluding hydrogens is 338 g/mol. The Morgan fingerprint density at radius 2 is 1.54 bits per heavy atom. The van der Waals surface area contributed by atoms with Crippen LogP contribution in [-0.4, -0.2) is 47.0 Å². The molecule has 0 N–H and O–H groups in total. The fraction of sp³-hybridized carbons (Fsp3) is 0.421. The average molecular weight is 358 g/mol. The maximum atomic E-state index is 13.9. The first-order valence-corrected chi connectivity index (χ1v) is 8.73. The number of hydrogen-bond donors (Lipinski definition) is 0. The third-order valence-electron chi connectivity index (χ3n) is 5.20. The zero-order valence-corrected chi connectivity index (χ0v) is 14.7. The van der Waals surface area contributed by atoms with Crippen LogP contribution in [0.5, 0.6) is 0 Å². The summed E-state index contributed by atoms with van der Waals surface area (Å²) in [5.74, 6) is -0.940. The zero-order valence-electron chi connectivity index (χ0n) is 14.7. The van der Waals surface area contributed by atoms with Crippen molar-refractivity contribution < 1.29 is 13.6 Å². The topological polar surface area (TPSA) is 49.3 Å². The Morgan fingerprint density at radius 3 is 2.08 bits per heavy atom. The van der Waals surface area contributed by atoms with E-state index in [9.17, 15) is 13.6 Å². The van der Waals surface area contributed by atoms with Crippen molar-refractivity contribution in [1.29, 1.82) is 0 Å². The number of carbonyl (C=O) groups excluding carboxylic acids is 1. The fourth-order valence-corrected chi connectivity index (χ4v) is 4.03. The summed E-state index contributed by atoms with van der Waals surface area (Å²) >= 11 is 0. The van der Waals surface area contributed by atoms with Crippen molar-refractivity contribution in [2.45, 2.75) is 13.8 Å². The van der Waals surface area contributed by atoms with Crippen LogP contribution in [0.15, 0.2) is 24.3 Å². The Morgan fingerprint density at radius 1 is 1.00 bits per heavy atom. The Hall–Kier alpha value is -2.57. The van der Waals surface area contributed by atoms with Crippen LogP contribution in [0.25, 0.3) is 0 Å². The van der Waals surface area contributed by atoms with Crippen LogP contribution in [-0.2, 0) is 0 Å². The molecular formula is C19H20F2N4O. The van der Waals surface area contributed by atoms with Crippen molar-refractivity contribution in [2.75, 3.05) is 31.1 Å². The van der Waals surface area contributed by atoms with Gasteiger partial charge in [0, 0.05) is 49.4 Å². The molecule has 7 heteroatoms. The highest BCUT2D eigenvalue weighted by molar-refractivity contribution is 5.95. The van der Waals surface area contributed by atoms with E-state index in [4.69, 9.17) is 0 Å². The molecule has 5 nitrogen and oxygen atoms in total. The van der Waals surface area contributed by atoms with Gasteiger partial charge in [0.25, 0.3) is 5.91 Å². The largest absolute Gasteiger partial charge is 0.340 e. The van der Waals surface area contributed by atoms with E-state index >= 15 is 0 Å². The molecule has 0 saturated carbocycles. The van der Waals surface area contributed by atoms with Gasteiger partial charge >= 0.3 is 0 Å². The number of fused-ring (bicyclic) bond motifs is 1. The molecule has 4 rings (SSSR count). The van der Waals surface area contributed by atoms with Crippen LogP contribution in [0, 0.1) is 37.3 Å². The number of carbonyl (C=O) groups is 1. The summed E-state index contributed by atoms with van der Waals surface area (Å²) in [5.41, 5.74) is 1.40. The molecule has 2 atom stereocenters. The van der Waals surface area contributed by atoms with Gasteiger partial charge in [-0.05, 0) is 32.0 Å². The maximum absolute atomic E-state index is 13.9. The second kappa shape index (κ2) is 6.30. The van der Waals surface area contributed by atoms with Gasteiger partial charge in [0.05, 0.1) is 0 Å². The van der Waals surface area contributed by atoms with Gasteiger partial charge in [-0.2, -0.15) is 0 Å². The number of halogens is 2. The smallest absolute Gasteiger partial charge is 0.259 e. The molecule has 2 fully saturated rings. The van der Waals surface area contributed by atoms with Gasteiger partial charge in [0.2, 0.25) is 5.95 Å². The molecule has 2 aliphatic heterocycles. The highest BCUT2D eigenvalue weighted by Crippen LogP contribution is 2.34. The van der Waals surface area contributed by atoms with Crippen LogP contribution in [0.3, 0.4) is 0 Å². The number of aromatic nitrogens is 2. The zero-order chi connectivity index (χ0) is 18.4. The molecule has 0 radical (unpaired) electrons. The molecule has 26 heavy (non-hydrogen) atoms. The minimum atomic E-state index is -0.808. The van der Waals surface area contributed by atoms with Crippen LogP contribution >= 0.6 is 0 Å². The van der Waals surface area contributed by atoms with E-state index in [1.807, 2.05) is 19.9 Å². The molecule has 0 bridgehead atoms. The highest BCUT2D eigenvalue weighted by atomic mass is 19.1. The number of aryl methyl sites for hydroxylation is 2. The summed E-state index contributed by atoms with van der Waals surface area (Å²) < 4.78 is 27.8. The predicted octanol–water partition coefficient (Wildman–Crippen LogP) is 2.58. The molecule has 2 aliphatic rings. The molecule has 2 unspecified atom stereocenters. The van der Waals surface area contributed by atoms with Crippen LogP contribution in [0.2, 0.25) is 0 Å². The van der Waals surface area contributed by atoms with Gasteiger partial charge in [-0.25, -0.2) is 18.7 Å². The summed E-state index contributed by atoms with van der Waals surface area (Å²) in [5, 5.41) is 0. The molecule has 1 amide bonds. The van der Waals surface area contributed by atoms with Crippen molar-refractivity contribution >= 4 is 11.9 Å². The lowest BCUT2D eigenvalue weighted by Gasteiger charge is -2.22. The second-order valence-electron chi connectivity index (χ2n) is 7.18. The third kappa shape index (κ3) is 2.91. The number of anilines is 1. The van der Waals surface area contributed by atoms with Gasteiger partial charge in [0.1, 0.15) is 17.2 Å². The highest BCUT2D eigenvalue weighted by Gasteiger charge is 2.43. The van der Waals surface area contributed by atoms with Gasteiger partial charge in [0.15, 0.2) is 0 Å². The summed E-state index contributed by atoms with van der Waals surface area (Å²) in [4.78, 5) is 25.3. The summed E-state index contributed by atoms with van der Waals surface area (Å²) in [6.07, 6.45) is 0. The fourth-order valence-electron chi connectivity index (χ4n) is 4.03. The third-order valence-corrected chi connectivity index (χ3v) is 5.20. The lowest BCUT2D eigenvalue weighted by molar-refractivity contribution is 0.0773. The van der Waals surface area contributed by atoms with Crippen molar-refractivity contribution in [3.8, 4) is 0 Å². The first-order valence-electron chi connectivity index (χ1n) is 8.73. The van der Waals surface area contributed by atoms with Crippen LogP contribution in [0.4, 0.5) is 14.7 Å². The molecule has 136 valence electrons. The van der Waals surface area contributed by atoms with Crippen LogP contribution in [0.1, 0.15) is 21.7 Å². The van der Waals surface area contributed by atoms with Gasteiger partial charge < -0.3 is 9.80 Å². The standard InChI is InChI=1S/C19H20F2N4O/c1-11-6-12(2)23-19(22-11)25-9-13-7-24(8-14(13)10-25)18(26)17-15(20)4-3-5-16(17)21/h3-6,13-14H,7-10H2,1-2H3. The molecule has 2 aromatic rings. The Balaban J connectivity index is 1.47. The first kappa shape index (κ1) is 16.9. The Bertz CT molecular complexity index is 818. The minimum Gasteiger partial charge on any atom is -0.340 e. The number of hydrogen-bond acceptors (Lipinski definition) is 4. The second-order valence-corrected chi connectivity index (χ2v) is 7.18. The molecule has 1 aromatic carbocycles. The minimum absolute atomic E-state index is 0.262. The normalized spacial score (nSPS) is 22.0. The number of likely N-dealkylation sites (tertiary alicyclic amines) is 1. The SMILES string of the molecule is Cc1cc(C)nc(N2CC3CN(C(=O)c4c(F)cccc4F)CC3C2)n1. The van der Waals surface area contributed by atoms with Crippen LogP contribution < -0.4 is 4.90 Å². The van der Waals surface area contributed by atoms with E-state index in [-0.39, 0.29) is 11.8 Å². The lowest BCUT2D eigenvalue weighted by atomic mass is 10.0. The van der Waals surface area contributed by atoms with E-state index < -0.39 is 23.1 Å². The average Bonchev–Trinajstić information content (AvgIpc) is 3.12. The van der Waals surface area contributed by atoms with Crippen molar-refractivity contribution in [2.24, 2.45) is 11.8 Å². The van der Waals surface area contributed by atoms with Gasteiger partial charge in [-0.3, -0.25) is 4.79 Å². The molecule has 2 saturated heterocycles. The number of benzene rings is 1. The van der Waals surface area contributed by atoms with Gasteiger partial charge in [-0.1, -0.05) is 6.07 Å². The van der Waals surface area contributed by atoms with Crippen molar-refractivity contribution in [3.63, 3.8) is 0 Å². The number of rotatable bonds is 2. The molecule has 3 heterocycles. The van der Waals surface area contributed by atoms with E-state index in [0.717, 1.165) is 42.6 Å². The summed E-state index contributed by atoms with van der Waals surface area (Å²) in [6, 6.07) is 5.43. The Kier molecular flexibility index (Phi) is 4.09. The maximum Gasteiger partial charge on any atom is 0.259 e. The van der Waals surface area contributed by atoms with Crippen molar-refractivity contribution in [1.82, 2.24) is 14.9 Å². The number of nitrogens with zero attached hydrogens (tertiary/aromatic N) is 4. The Labute approximate surface area is 150 Å². The predicted molar refractivity (Wildman–Crippen MR) is 93.0 cm³/mol. The van der Waals surface area contributed by atoms with Crippen molar-refractivity contribution in [3.05, 3.63) is 52.9 Å². The molecule has 0 spiro atoms. The quantitative estimate of drug-likeness (QED) is 0.828. The van der Waals surface area contributed by atoms with E-state index in [1.54, 1.807) is 4.90 Å². The van der Waals surface area contributed by atoms with E-state index in [2.05, 4.69) is 14.9 Å². The lowest BCUT2D eigenvalue weighted by Crippen LogP contribution is -2.34. The van der Waals surface area contributed by atoms with Gasteiger partial charge in [-0.15, -0.1) is 0 Å². The molecule has 1 aromatic heterocycles. The monoisotopic (exact) mass is 358 g/mol. The number of amides is 1. The van der Waals surface area contributed by atoms with E-state index in [1.165, 1.54) is 6.07 Å². The van der Waals surface area contributed by atoms with E-state index in [0.29, 0.717) is 13.1 Å². The summed E-state index contributed by atoms with van der Waals surface area (Å²) in [6.45, 7) is 6.38. The first-order chi connectivity index (χ1) is 12.4. The molecule has 0 aliphatic carbocycles. The summed E-state index contributed by atoms with van der Waals surface area (Å²) in [7, 11) is 0.